The van der Waals surface area contributed by atoms with E-state index in [4.69, 9.17) is 4.74 Å². The van der Waals surface area contributed by atoms with E-state index in [0.29, 0.717) is 5.69 Å². The van der Waals surface area contributed by atoms with Gasteiger partial charge in [-0.3, -0.25) is 4.68 Å². The molecule has 0 bridgehead atoms. The topological polar surface area (TPSA) is 39.1 Å². The lowest BCUT2D eigenvalue weighted by atomic mass is 10.1. The summed E-state index contributed by atoms with van der Waals surface area (Å²) in [5.41, 5.74) is 0.536. The molecule has 1 unspecified atom stereocenters. The van der Waals surface area contributed by atoms with Gasteiger partial charge in [0.2, 0.25) is 17.4 Å². The molecule has 0 spiro atoms. The molecule has 4 rings (SSSR count). The van der Waals surface area contributed by atoms with Gasteiger partial charge in [0.25, 0.3) is 0 Å². The lowest BCUT2D eigenvalue weighted by Crippen LogP contribution is -2.13. The van der Waals surface area contributed by atoms with Crippen molar-refractivity contribution in [2.45, 2.75) is 12.5 Å². The quantitative estimate of drug-likeness (QED) is 0.520. The smallest absolute Gasteiger partial charge is 0.204 e. The number of benzene rings is 2. The molecular formula is C19H14F5N3O. The van der Waals surface area contributed by atoms with Gasteiger partial charge in [0.05, 0.1) is 11.7 Å². The Kier molecular flexibility index (Phi) is 4.76. The van der Waals surface area contributed by atoms with E-state index in [1.807, 2.05) is 0 Å². The van der Waals surface area contributed by atoms with Crippen molar-refractivity contribution in [3.63, 3.8) is 0 Å². The largest absolute Gasteiger partial charge is 0.451 e. The Morgan fingerprint density at radius 2 is 1.71 bits per heavy atom. The van der Waals surface area contributed by atoms with E-state index in [2.05, 4.69) is 10.4 Å². The van der Waals surface area contributed by atoms with Crippen LogP contribution in [0, 0.1) is 29.1 Å². The Labute approximate surface area is 156 Å². The normalized spacial score (nSPS) is 16.5. The maximum Gasteiger partial charge on any atom is 0.204 e. The average Bonchev–Trinajstić information content (AvgIpc) is 3.35. The van der Waals surface area contributed by atoms with Gasteiger partial charge in [-0.05, 0) is 31.2 Å². The fourth-order valence-corrected chi connectivity index (χ4v) is 3.08. The van der Waals surface area contributed by atoms with Crippen LogP contribution in [0.5, 0.6) is 11.5 Å². The van der Waals surface area contributed by atoms with Gasteiger partial charge in [-0.1, -0.05) is 0 Å². The van der Waals surface area contributed by atoms with E-state index in [0.717, 1.165) is 25.6 Å². The third kappa shape index (κ3) is 3.33. The summed E-state index contributed by atoms with van der Waals surface area (Å²) in [5, 5.41) is 7.58. The fraction of sp³-hybridized carbons (Fsp3) is 0.211. The van der Waals surface area contributed by atoms with Crippen LogP contribution < -0.4 is 10.1 Å². The van der Waals surface area contributed by atoms with Gasteiger partial charge >= 0.3 is 0 Å². The van der Waals surface area contributed by atoms with Crippen LogP contribution in [0.4, 0.5) is 22.0 Å². The number of nitrogens with one attached hydrogen (secondary N) is 1. The first-order valence-electron chi connectivity index (χ1n) is 8.50. The number of hydrogen-bond donors (Lipinski definition) is 1. The first-order chi connectivity index (χ1) is 13.4. The van der Waals surface area contributed by atoms with Crippen molar-refractivity contribution in [2.75, 3.05) is 13.1 Å². The Hall–Kier alpha value is -2.94. The minimum absolute atomic E-state index is 0.0669. The molecule has 28 heavy (non-hydrogen) atoms. The van der Waals surface area contributed by atoms with Crippen molar-refractivity contribution < 1.29 is 26.7 Å². The first kappa shape index (κ1) is 18.4. The van der Waals surface area contributed by atoms with Gasteiger partial charge < -0.3 is 10.1 Å². The number of nitrogens with zero attached hydrogens (tertiary/aromatic N) is 2. The van der Waals surface area contributed by atoms with Crippen LogP contribution in [0.1, 0.15) is 12.5 Å². The molecule has 3 aromatic rings. The van der Waals surface area contributed by atoms with Crippen molar-refractivity contribution in [1.82, 2.24) is 15.1 Å². The molecule has 2 heterocycles. The zero-order valence-electron chi connectivity index (χ0n) is 14.4. The number of halogens is 5. The lowest BCUT2D eigenvalue weighted by Gasteiger charge is -2.10. The molecule has 1 saturated heterocycles. The highest BCUT2D eigenvalue weighted by Crippen LogP contribution is 2.33. The average molecular weight is 395 g/mol. The summed E-state index contributed by atoms with van der Waals surface area (Å²) in [6, 6.07) is 5.32. The molecule has 1 N–H and O–H groups in total. The molecule has 1 atom stereocenters. The van der Waals surface area contributed by atoms with Crippen LogP contribution in [0.25, 0.3) is 11.3 Å². The molecular weight excluding hydrogens is 381 g/mol. The zero-order chi connectivity index (χ0) is 19.8. The second-order valence-corrected chi connectivity index (χ2v) is 6.37. The third-order valence-electron chi connectivity index (χ3n) is 4.52. The van der Waals surface area contributed by atoms with Crippen LogP contribution in [0.3, 0.4) is 0 Å². The molecule has 1 aliphatic heterocycles. The molecule has 4 nitrogen and oxygen atoms in total. The highest BCUT2D eigenvalue weighted by Gasteiger charge is 2.22. The van der Waals surface area contributed by atoms with E-state index in [-0.39, 0.29) is 23.4 Å². The second-order valence-electron chi connectivity index (χ2n) is 6.37. The summed E-state index contributed by atoms with van der Waals surface area (Å²) in [7, 11) is 0. The first-order valence-corrected chi connectivity index (χ1v) is 8.50. The molecule has 0 radical (unpaired) electrons. The highest BCUT2D eigenvalue weighted by atomic mass is 19.2. The Balaban J connectivity index is 1.61. The number of rotatable bonds is 4. The van der Waals surface area contributed by atoms with Crippen LogP contribution in [0.15, 0.2) is 36.5 Å². The van der Waals surface area contributed by atoms with Gasteiger partial charge in [-0.15, -0.1) is 0 Å². The molecule has 1 aromatic heterocycles. The maximum absolute atomic E-state index is 14.5. The molecule has 0 saturated carbocycles. The van der Waals surface area contributed by atoms with Crippen LogP contribution in [-0.2, 0) is 0 Å². The third-order valence-corrected chi connectivity index (χ3v) is 4.52. The van der Waals surface area contributed by atoms with E-state index in [9.17, 15) is 22.0 Å². The van der Waals surface area contributed by atoms with E-state index in [1.165, 1.54) is 12.1 Å². The predicted molar refractivity (Wildman–Crippen MR) is 90.5 cm³/mol. The minimum atomic E-state index is -1.70. The van der Waals surface area contributed by atoms with Gasteiger partial charge in [0, 0.05) is 30.4 Å². The Morgan fingerprint density at radius 3 is 2.36 bits per heavy atom. The monoisotopic (exact) mass is 395 g/mol. The lowest BCUT2D eigenvalue weighted by molar-refractivity contribution is 0.365. The van der Waals surface area contributed by atoms with Crippen molar-refractivity contribution >= 4 is 0 Å². The Bertz CT molecular complexity index is 1000. The van der Waals surface area contributed by atoms with Crippen LogP contribution in [-0.4, -0.2) is 22.9 Å². The van der Waals surface area contributed by atoms with E-state index in [1.54, 1.807) is 16.9 Å². The molecule has 0 amide bonds. The van der Waals surface area contributed by atoms with Gasteiger partial charge in [-0.25, -0.2) is 13.2 Å². The van der Waals surface area contributed by atoms with Gasteiger partial charge in [-0.2, -0.15) is 13.9 Å². The summed E-state index contributed by atoms with van der Waals surface area (Å²) < 4.78 is 75.1. The summed E-state index contributed by atoms with van der Waals surface area (Å²) in [6.45, 7) is 1.66. The zero-order valence-corrected chi connectivity index (χ0v) is 14.4. The second kappa shape index (κ2) is 7.23. The summed E-state index contributed by atoms with van der Waals surface area (Å²) in [4.78, 5) is 0. The molecule has 9 heteroatoms. The predicted octanol–water partition coefficient (Wildman–Crippen LogP) is 4.57. The van der Waals surface area contributed by atoms with E-state index >= 15 is 0 Å². The van der Waals surface area contributed by atoms with Crippen LogP contribution in [0.2, 0.25) is 0 Å². The molecule has 0 aliphatic carbocycles. The van der Waals surface area contributed by atoms with Crippen molar-refractivity contribution in [3.8, 4) is 22.8 Å². The van der Waals surface area contributed by atoms with Gasteiger partial charge in [0.1, 0.15) is 11.6 Å². The number of aromatic nitrogens is 2. The summed E-state index contributed by atoms with van der Waals surface area (Å²) in [5.74, 6) is -8.98. The summed E-state index contributed by atoms with van der Waals surface area (Å²) >= 11 is 0. The number of hydrogen-bond acceptors (Lipinski definition) is 3. The standard InChI is InChI=1S/C19H14F5N3O/c20-13-7-11(28-19-17(23)14(21)8-15(22)18(19)24)1-2-12(13)16-4-6-27(26-16)10-3-5-25-9-10/h1-2,4,6-8,10,25H,3,5,9H2. The van der Waals surface area contributed by atoms with Crippen LogP contribution >= 0.6 is 0 Å². The maximum atomic E-state index is 14.5. The Morgan fingerprint density at radius 1 is 0.964 bits per heavy atom. The van der Waals surface area contributed by atoms with Crippen molar-refractivity contribution in [3.05, 3.63) is 65.6 Å². The SMILES string of the molecule is Fc1cc(Oc2c(F)c(F)cc(F)c2F)ccc1-c1ccn(C2CCNC2)n1. The van der Waals surface area contributed by atoms with E-state index < -0.39 is 34.8 Å². The number of ether oxygens (including phenoxy) is 1. The molecule has 1 aliphatic rings. The van der Waals surface area contributed by atoms with Gasteiger partial charge in [0.15, 0.2) is 11.6 Å². The van der Waals surface area contributed by atoms with Crippen molar-refractivity contribution in [1.29, 1.82) is 0 Å². The molecule has 1 fully saturated rings. The summed E-state index contributed by atoms with van der Waals surface area (Å²) in [6.07, 6.45) is 2.66. The minimum Gasteiger partial charge on any atom is -0.451 e. The highest BCUT2D eigenvalue weighted by molar-refractivity contribution is 5.60. The molecule has 146 valence electrons. The van der Waals surface area contributed by atoms with Crippen molar-refractivity contribution in [2.24, 2.45) is 0 Å². The molecule has 2 aromatic carbocycles. The fourth-order valence-electron chi connectivity index (χ4n) is 3.08.